The van der Waals surface area contributed by atoms with Gasteiger partial charge in [0.1, 0.15) is 19.0 Å². The third-order valence-corrected chi connectivity index (χ3v) is 6.36. The van der Waals surface area contributed by atoms with Crippen LogP contribution in [0.1, 0.15) is 17.5 Å². The lowest BCUT2D eigenvalue weighted by molar-refractivity contribution is 0.0453. The van der Waals surface area contributed by atoms with E-state index >= 15 is 0 Å². The summed E-state index contributed by atoms with van der Waals surface area (Å²) in [4.78, 5) is 5.63. The van der Waals surface area contributed by atoms with Gasteiger partial charge in [-0.25, -0.2) is 12.8 Å². The van der Waals surface area contributed by atoms with Crippen LogP contribution in [0.5, 0.6) is 5.75 Å². The molecule has 0 amide bonds. The molecule has 0 saturated carbocycles. The van der Waals surface area contributed by atoms with Crippen molar-refractivity contribution in [3.63, 3.8) is 0 Å². The van der Waals surface area contributed by atoms with E-state index in [2.05, 4.69) is 11.5 Å². The highest BCUT2D eigenvalue weighted by Gasteiger charge is 2.26. The molecule has 3 rings (SSSR count). The molecular weight excluding hydrogens is 409 g/mol. The van der Waals surface area contributed by atoms with Crippen LogP contribution >= 0.6 is 0 Å². The molecule has 9 heteroatoms. The molecule has 0 unspecified atom stereocenters. The molecule has 1 aliphatic rings. The second-order valence-electron chi connectivity index (χ2n) is 6.55. The van der Waals surface area contributed by atoms with Crippen molar-refractivity contribution in [2.45, 2.75) is 17.9 Å². The van der Waals surface area contributed by atoms with Crippen LogP contribution in [0.15, 0.2) is 65.2 Å². The third-order valence-electron chi connectivity index (χ3n) is 4.48. The Kier molecular flexibility index (Phi) is 7.41. The second kappa shape index (κ2) is 10.2. The predicted octanol–water partition coefficient (Wildman–Crippen LogP) is 2.91. The standard InChI is InChI=1S/C21H22FN3O4S/c22-10-13-28-20-4-6-21(7-5-20)30(26,27)25-11-8-19(9-12-25)24-29-16-18-3-1-2-17(14-18)15-23/h1-8,14,24H,9-13,16H2. The number of sulfonamides is 1. The van der Waals surface area contributed by atoms with E-state index < -0.39 is 16.7 Å². The van der Waals surface area contributed by atoms with Gasteiger partial charge in [-0.05, 0) is 48.0 Å². The largest absolute Gasteiger partial charge is 0.491 e. The minimum atomic E-state index is -3.63. The Morgan fingerprint density at radius 3 is 2.67 bits per heavy atom. The van der Waals surface area contributed by atoms with Crippen LogP contribution in [0, 0.1) is 11.3 Å². The molecule has 0 radical (unpaired) electrons. The maximum atomic E-state index is 12.8. The zero-order valence-electron chi connectivity index (χ0n) is 16.3. The first kappa shape index (κ1) is 21.8. The zero-order chi connectivity index (χ0) is 21.4. The Morgan fingerprint density at radius 2 is 2.00 bits per heavy atom. The Hall–Kier alpha value is -2.93. The van der Waals surface area contributed by atoms with Crippen molar-refractivity contribution in [3.8, 4) is 11.8 Å². The number of nitriles is 1. The van der Waals surface area contributed by atoms with Crippen LogP contribution in [0.2, 0.25) is 0 Å². The van der Waals surface area contributed by atoms with E-state index in [4.69, 9.17) is 14.8 Å². The van der Waals surface area contributed by atoms with Gasteiger partial charge in [0.05, 0.1) is 23.1 Å². The van der Waals surface area contributed by atoms with Crippen molar-refractivity contribution < 1.29 is 22.4 Å². The van der Waals surface area contributed by atoms with Gasteiger partial charge in [0.15, 0.2) is 0 Å². The molecule has 0 spiro atoms. The van der Waals surface area contributed by atoms with Crippen molar-refractivity contribution >= 4 is 10.0 Å². The monoisotopic (exact) mass is 431 g/mol. The summed E-state index contributed by atoms with van der Waals surface area (Å²) in [7, 11) is -3.63. The lowest BCUT2D eigenvalue weighted by Gasteiger charge is -2.26. The van der Waals surface area contributed by atoms with Crippen molar-refractivity contribution in [3.05, 3.63) is 71.4 Å². The van der Waals surface area contributed by atoms with Crippen LogP contribution in [0.4, 0.5) is 4.39 Å². The second-order valence-corrected chi connectivity index (χ2v) is 8.49. The van der Waals surface area contributed by atoms with E-state index in [-0.39, 0.29) is 24.7 Å². The summed E-state index contributed by atoms with van der Waals surface area (Å²) in [6.07, 6.45) is 2.25. The first-order valence-electron chi connectivity index (χ1n) is 9.38. The van der Waals surface area contributed by atoms with E-state index in [0.717, 1.165) is 11.3 Å². The number of hydroxylamine groups is 1. The molecule has 30 heavy (non-hydrogen) atoms. The lowest BCUT2D eigenvalue weighted by atomic mass is 10.1. The smallest absolute Gasteiger partial charge is 0.243 e. The van der Waals surface area contributed by atoms with E-state index in [1.54, 1.807) is 24.3 Å². The van der Waals surface area contributed by atoms with Crippen LogP contribution in [0.3, 0.4) is 0 Å². The molecule has 0 atom stereocenters. The summed E-state index contributed by atoms with van der Waals surface area (Å²) in [5, 5.41) is 8.92. The van der Waals surface area contributed by atoms with Crippen LogP contribution < -0.4 is 10.2 Å². The van der Waals surface area contributed by atoms with Gasteiger partial charge in [0.2, 0.25) is 10.0 Å². The topological polar surface area (TPSA) is 91.7 Å². The number of alkyl halides is 1. The van der Waals surface area contributed by atoms with Gasteiger partial charge < -0.3 is 4.74 Å². The maximum absolute atomic E-state index is 12.8. The summed E-state index contributed by atoms with van der Waals surface area (Å²) in [6.45, 7) is 0.148. The fraction of sp³-hybridized carbons (Fsp3) is 0.286. The van der Waals surface area contributed by atoms with E-state index in [9.17, 15) is 12.8 Å². The Morgan fingerprint density at radius 1 is 1.20 bits per heavy atom. The molecular formula is C21H22FN3O4S. The average molecular weight is 431 g/mol. The fourth-order valence-electron chi connectivity index (χ4n) is 2.92. The number of hydrogen-bond acceptors (Lipinski definition) is 6. The Labute approximate surface area is 175 Å². The molecule has 1 N–H and O–H groups in total. The minimum absolute atomic E-state index is 0.0649. The molecule has 7 nitrogen and oxygen atoms in total. The van der Waals surface area contributed by atoms with Gasteiger partial charge in [0, 0.05) is 25.2 Å². The van der Waals surface area contributed by atoms with Gasteiger partial charge in [0.25, 0.3) is 0 Å². The van der Waals surface area contributed by atoms with E-state index in [1.807, 2.05) is 6.07 Å². The maximum Gasteiger partial charge on any atom is 0.243 e. The highest BCUT2D eigenvalue weighted by atomic mass is 32.2. The third kappa shape index (κ3) is 5.57. The lowest BCUT2D eigenvalue weighted by Crippen LogP contribution is -2.36. The summed E-state index contributed by atoms with van der Waals surface area (Å²) in [6, 6.07) is 15.2. The predicted molar refractivity (Wildman–Crippen MR) is 108 cm³/mol. The van der Waals surface area contributed by atoms with Gasteiger partial charge in [-0.2, -0.15) is 9.57 Å². The SMILES string of the molecule is N#Cc1cccc(CONC2=CCN(S(=O)(=O)c3ccc(OCCF)cc3)CC2)c1. The molecule has 1 heterocycles. The minimum Gasteiger partial charge on any atom is -0.491 e. The summed E-state index contributed by atoms with van der Waals surface area (Å²) in [5.74, 6) is 0.425. The molecule has 0 bridgehead atoms. The molecule has 1 aliphatic heterocycles. The highest BCUT2D eigenvalue weighted by Crippen LogP contribution is 2.22. The number of rotatable bonds is 9. The van der Waals surface area contributed by atoms with Crippen molar-refractivity contribution in [2.75, 3.05) is 26.4 Å². The van der Waals surface area contributed by atoms with Gasteiger partial charge >= 0.3 is 0 Å². The molecule has 0 fully saturated rings. The highest BCUT2D eigenvalue weighted by molar-refractivity contribution is 7.89. The number of benzene rings is 2. The Bertz CT molecular complexity index is 1030. The number of halogens is 1. The normalized spacial score (nSPS) is 14.6. The van der Waals surface area contributed by atoms with Crippen LogP contribution in [-0.2, 0) is 21.5 Å². The molecule has 158 valence electrons. The number of nitrogens with zero attached hydrogens (tertiary/aromatic N) is 2. The summed E-state index contributed by atoms with van der Waals surface area (Å²) in [5.41, 5.74) is 5.08. The molecule has 0 saturated heterocycles. The number of nitrogens with one attached hydrogen (secondary N) is 1. The van der Waals surface area contributed by atoms with Crippen molar-refractivity contribution in [1.82, 2.24) is 9.79 Å². The quantitative estimate of drug-likeness (QED) is 0.614. The molecule has 0 aliphatic carbocycles. The van der Waals surface area contributed by atoms with E-state index in [1.165, 1.54) is 28.6 Å². The zero-order valence-corrected chi connectivity index (χ0v) is 17.1. The summed E-state index contributed by atoms with van der Waals surface area (Å²) < 4.78 is 44.3. The fourth-order valence-corrected chi connectivity index (χ4v) is 4.30. The number of hydrogen-bond donors (Lipinski definition) is 1. The summed E-state index contributed by atoms with van der Waals surface area (Å²) >= 11 is 0. The Balaban J connectivity index is 1.53. The average Bonchev–Trinajstić information content (AvgIpc) is 2.78. The molecule has 2 aromatic rings. The number of ether oxygens (including phenoxy) is 1. The van der Waals surface area contributed by atoms with E-state index in [0.29, 0.717) is 24.3 Å². The first-order valence-corrected chi connectivity index (χ1v) is 10.8. The van der Waals surface area contributed by atoms with Crippen molar-refractivity contribution in [2.24, 2.45) is 0 Å². The van der Waals surface area contributed by atoms with Gasteiger partial charge in [-0.3, -0.25) is 10.3 Å². The van der Waals surface area contributed by atoms with Crippen molar-refractivity contribution in [1.29, 1.82) is 5.26 Å². The molecule has 2 aromatic carbocycles. The first-order chi connectivity index (χ1) is 14.5. The van der Waals surface area contributed by atoms with Crippen LogP contribution in [0.25, 0.3) is 0 Å². The van der Waals surface area contributed by atoms with Crippen LogP contribution in [-0.4, -0.2) is 39.1 Å². The van der Waals surface area contributed by atoms with Gasteiger partial charge in [-0.15, -0.1) is 0 Å². The molecule has 0 aromatic heterocycles. The van der Waals surface area contributed by atoms with Gasteiger partial charge in [-0.1, -0.05) is 12.1 Å².